The van der Waals surface area contributed by atoms with Crippen molar-refractivity contribution < 1.29 is 0 Å². The molecule has 0 aliphatic carbocycles. The van der Waals surface area contributed by atoms with Gasteiger partial charge in [-0.2, -0.15) is 0 Å². The van der Waals surface area contributed by atoms with E-state index in [2.05, 4.69) is 27.7 Å². The van der Waals surface area contributed by atoms with Crippen molar-refractivity contribution in [1.82, 2.24) is 0 Å². The van der Waals surface area contributed by atoms with Gasteiger partial charge in [0.25, 0.3) is 0 Å². The van der Waals surface area contributed by atoms with Crippen LogP contribution in [-0.4, -0.2) is 0 Å². The highest BCUT2D eigenvalue weighted by Gasteiger charge is 2.04. The zero-order chi connectivity index (χ0) is 14.3. The van der Waals surface area contributed by atoms with Gasteiger partial charge in [-0.25, -0.2) is 0 Å². The highest BCUT2D eigenvalue weighted by Crippen LogP contribution is 2.19. The molecule has 0 heteroatoms. The van der Waals surface area contributed by atoms with Gasteiger partial charge in [-0.3, -0.25) is 0 Å². The molecule has 0 nitrogen and oxygen atoms in total. The molecule has 0 aliphatic heterocycles. The van der Waals surface area contributed by atoms with Crippen molar-refractivity contribution in [3.8, 4) is 0 Å². The maximum atomic E-state index is 2.46. The van der Waals surface area contributed by atoms with E-state index in [0.717, 1.165) is 11.8 Å². The molecule has 0 fully saturated rings. The van der Waals surface area contributed by atoms with E-state index < -0.39 is 0 Å². The molecule has 0 amide bonds. The third-order valence-electron chi connectivity index (χ3n) is 4.64. The van der Waals surface area contributed by atoms with Gasteiger partial charge in [0.2, 0.25) is 0 Å². The smallest absolute Gasteiger partial charge is 0.0443 e. The van der Waals surface area contributed by atoms with Gasteiger partial charge in [0.05, 0.1) is 0 Å². The zero-order valence-corrected chi connectivity index (χ0v) is 14.3. The van der Waals surface area contributed by atoms with Gasteiger partial charge in [-0.15, -0.1) is 0 Å². The van der Waals surface area contributed by atoms with Crippen LogP contribution in [0.25, 0.3) is 0 Å². The fourth-order valence-corrected chi connectivity index (χ4v) is 2.79. The van der Waals surface area contributed by atoms with E-state index in [0.29, 0.717) is 0 Å². The summed E-state index contributed by atoms with van der Waals surface area (Å²) < 4.78 is 0. The molecule has 0 radical (unpaired) electrons. The van der Waals surface area contributed by atoms with E-state index >= 15 is 0 Å². The molecule has 116 valence electrons. The average Bonchev–Trinajstić information content (AvgIpc) is 2.41. The summed E-state index contributed by atoms with van der Waals surface area (Å²) in [6, 6.07) is 0. The Bertz CT molecular complexity index is 161. The second-order valence-electron chi connectivity index (χ2n) is 6.81. The van der Waals surface area contributed by atoms with Crippen LogP contribution in [0.3, 0.4) is 0 Å². The van der Waals surface area contributed by atoms with E-state index in [1.807, 2.05) is 0 Å². The largest absolute Gasteiger partial charge is 0.0654 e. The molecule has 19 heavy (non-hydrogen) atoms. The summed E-state index contributed by atoms with van der Waals surface area (Å²) in [6.07, 6.45) is 18.8. The molecule has 0 saturated heterocycles. The van der Waals surface area contributed by atoms with Crippen LogP contribution < -0.4 is 0 Å². The molecule has 0 saturated carbocycles. The third-order valence-corrected chi connectivity index (χ3v) is 4.64. The standard InChI is InChI=1S/C19H40/c1-5-7-8-9-10-11-12-13-15-19(4)17-14-16-18(3)6-2/h18-19H,5-17H2,1-4H3. The predicted molar refractivity (Wildman–Crippen MR) is 89.7 cm³/mol. The lowest BCUT2D eigenvalue weighted by molar-refractivity contribution is 0.405. The van der Waals surface area contributed by atoms with Gasteiger partial charge in [-0.1, -0.05) is 111 Å². The monoisotopic (exact) mass is 268 g/mol. The van der Waals surface area contributed by atoms with Gasteiger partial charge >= 0.3 is 0 Å². The Kier molecular flexibility index (Phi) is 14.4. The Morgan fingerprint density at radius 1 is 0.526 bits per heavy atom. The average molecular weight is 269 g/mol. The normalized spacial score (nSPS) is 14.5. The van der Waals surface area contributed by atoms with Crippen molar-refractivity contribution in [3.05, 3.63) is 0 Å². The molecule has 0 aromatic heterocycles. The molecule has 0 aromatic rings. The first-order valence-electron chi connectivity index (χ1n) is 9.20. The van der Waals surface area contributed by atoms with Crippen LogP contribution in [-0.2, 0) is 0 Å². The summed E-state index contributed by atoms with van der Waals surface area (Å²) in [5.74, 6) is 1.90. The first-order chi connectivity index (χ1) is 9.20. The summed E-state index contributed by atoms with van der Waals surface area (Å²) in [6.45, 7) is 9.46. The van der Waals surface area contributed by atoms with E-state index in [4.69, 9.17) is 0 Å². The first-order valence-corrected chi connectivity index (χ1v) is 9.20. The molecular formula is C19H40. The Labute approximate surface area is 123 Å². The maximum Gasteiger partial charge on any atom is -0.0443 e. The molecule has 0 rings (SSSR count). The summed E-state index contributed by atoms with van der Waals surface area (Å²) in [4.78, 5) is 0. The molecule has 0 aromatic carbocycles. The summed E-state index contributed by atoms with van der Waals surface area (Å²) in [5, 5.41) is 0. The Morgan fingerprint density at radius 2 is 1.00 bits per heavy atom. The van der Waals surface area contributed by atoms with Gasteiger partial charge in [-0.05, 0) is 11.8 Å². The van der Waals surface area contributed by atoms with E-state index in [1.165, 1.54) is 83.5 Å². The second kappa shape index (κ2) is 14.4. The number of rotatable bonds is 14. The van der Waals surface area contributed by atoms with Crippen LogP contribution in [0.2, 0.25) is 0 Å². The Morgan fingerprint density at radius 3 is 1.58 bits per heavy atom. The van der Waals surface area contributed by atoms with Crippen molar-refractivity contribution >= 4 is 0 Å². The highest BCUT2D eigenvalue weighted by atomic mass is 14.1. The molecule has 0 aliphatic rings. The van der Waals surface area contributed by atoms with Crippen molar-refractivity contribution in [2.45, 2.75) is 111 Å². The molecule has 0 bridgehead atoms. The van der Waals surface area contributed by atoms with Crippen molar-refractivity contribution in [2.75, 3.05) is 0 Å². The Hall–Kier alpha value is 0. The van der Waals surface area contributed by atoms with Crippen LogP contribution in [0.1, 0.15) is 111 Å². The lowest BCUT2D eigenvalue weighted by Gasteiger charge is -2.13. The van der Waals surface area contributed by atoms with E-state index in [9.17, 15) is 0 Å². The van der Waals surface area contributed by atoms with Crippen LogP contribution in [0.4, 0.5) is 0 Å². The minimum Gasteiger partial charge on any atom is -0.0654 e. The molecule has 0 heterocycles. The quantitative estimate of drug-likeness (QED) is 0.288. The van der Waals surface area contributed by atoms with E-state index in [1.54, 1.807) is 0 Å². The van der Waals surface area contributed by atoms with E-state index in [-0.39, 0.29) is 0 Å². The van der Waals surface area contributed by atoms with Gasteiger partial charge in [0, 0.05) is 0 Å². The topological polar surface area (TPSA) is 0 Å². The summed E-state index contributed by atoms with van der Waals surface area (Å²) >= 11 is 0. The lowest BCUT2D eigenvalue weighted by atomic mass is 9.93. The SMILES string of the molecule is CCCCCCCCCCC(C)CCCC(C)CC. The first kappa shape index (κ1) is 19.0. The zero-order valence-electron chi connectivity index (χ0n) is 14.3. The number of unbranched alkanes of at least 4 members (excludes halogenated alkanes) is 7. The molecule has 2 unspecified atom stereocenters. The highest BCUT2D eigenvalue weighted by molar-refractivity contribution is 4.57. The van der Waals surface area contributed by atoms with Crippen molar-refractivity contribution in [2.24, 2.45) is 11.8 Å². The minimum absolute atomic E-state index is 0.940. The lowest BCUT2D eigenvalue weighted by Crippen LogP contribution is -1.98. The van der Waals surface area contributed by atoms with Crippen LogP contribution in [0.5, 0.6) is 0 Å². The second-order valence-corrected chi connectivity index (χ2v) is 6.81. The minimum atomic E-state index is 0.940. The third kappa shape index (κ3) is 14.2. The van der Waals surface area contributed by atoms with Crippen LogP contribution >= 0.6 is 0 Å². The summed E-state index contributed by atoms with van der Waals surface area (Å²) in [5.41, 5.74) is 0. The van der Waals surface area contributed by atoms with Gasteiger partial charge in [0.15, 0.2) is 0 Å². The maximum absolute atomic E-state index is 2.46. The number of hydrogen-bond donors (Lipinski definition) is 0. The molecule has 0 N–H and O–H groups in total. The van der Waals surface area contributed by atoms with Gasteiger partial charge < -0.3 is 0 Å². The fraction of sp³-hybridized carbons (Fsp3) is 1.00. The van der Waals surface area contributed by atoms with Gasteiger partial charge in [0.1, 0.15) is 0 Å². The van der Waals surface area contributed by atoms with Crippen molar-refractivity contribution in [1.29, 1.82) is 0 Å². The number of hydrogen-bond acceptors (Lipinski definition) is 0. The van der Waals surface area contributed by atoms with Crippen LogP contribution in [0, 0.1) is 11.8 Å². The summed E-state index contributed by atoms with van der Waals surface area (Å²) in [7, 11) is 0. The molecular weight excluding hydrogens is 228 g/mol. The van der Waals surface area contributed by atoms with Crippen molar-refractivity contribution in [3.63, 3.8) is 0 Å². The fourth-order valence-electron chi connectivity index (χ4n) is 2.79. The Balaban J connectivity index is 3.18. The molecule has 2 atom stereocenters. The molecule has 0 spiro atoms. The predicted octanol–water partition coefficient (Wildman–Crippen LogP) is 7.37. The van der Waals surface area contributed by atoms with Crippen LogP contribution in [0.15, 0.2) is 0 Å².